The molecule has 0 N–H and O–H groups in total. The Morgan fingerprint density at radius 1 is 1.50 bits per heavy atom. The molecule has 0 aliphatic heterocycles. The second-order valence-electron chi connectivity index (χ2n) is 2.78. The van der Waals surface area contributed by atoms with Crippen molar-refractivity contribution in [3.8, 4) is 0 Å². The Kier molecular flexibility index (Phi) is 1.97. The number of benzene rings is 1. The van der Waals surface area contributed by atoms with Crippen LogP contribution in [0.1, 0.15) is 5.56 Å². The first-order valence-corrected chi connectivity index (χ1v) is 5.45. The SMILES string of the molecule is Cc1cccc2c1nc(S)[n]2[Zn]. The average Bonchev–Trinajstić information content (AvgIpc) is 2.32. The van der Waals surface area contributed by atoms with Crippen LogP contribution in [0, 0.1) is 6.92 Å². The molecule has 1 aromatic carbocycles. The molecule has 1 heterocycles. The number of thiol groups is 1. The van der Waals surface area contributed by atoms with E-state index in [9.17, 15) is 0 Å². The van der Waals surface area contributed by atoms with Gasteiger partial charge in [0, 0.05) is 0 Å². The van der Waals surface area contributed by atoms with Gasteiger partial charge in [-0.15, -0.1) is 0 Å². The third-order valence-corrected chi connectivity index (χ3v) is 4.20. The van der Waals surface area contributed by atoms with Gasteiger partial charge in [-0.25, -0.2) is 0 Å². The fourth-order valence-electron chi connectivity index (χ4n) is 1.27. The summed E-state index contributed by atoms with van der Waals surface area (Å²) in [5.41, 5.74) is 3.49. The zero-order valence-electron chi connectivity index (χ0n) is 6.78. The molecule has 2 aromatic rings. The summed E-state index contributed by atoms with van der Waals surface area (Å²) in [7, 11) is 0. The predicted molar refractivity (Wildman–Crippen MR) is 47.1 cm³/mol. The van der Waals surface area contributed by atoms with Crippen LogP contribution in [0.3, 0.4) is 0 Å². The molecule has 0 atom stereocenters. The predicted octanol–water partition coefficient (Wildman–Crippen LogP) is 1.94. The van der Waals surface area contributed by atoms with Crippen LogP contribution < -0.4 is 0 Å². The van der Waals surface area contributed by atoms with Gasteiger partial charge in [0.1, 0.15) is 0 Å². The molecule has 0 unspecified atom stereocenters. The van der Waals surface area contributed by atoms with Gasteiger partial charge < -0.3 is 0 Å². The van der Waals surface area contributed by atoms with Crippen molar-refractivity contribution < 1.29 is 18.5 Å². The number of hydrogen-bond acceptors (Lipinski definition) is 2. The molecule has 1 aromatic heterocycles. The van der Waals surface area contributed by atoms with Gasteiger partial charge in [0.15, 0.2) is 0 Å². The molecule has 2 rings (SSSR count). The number of aromatic nitrogens is 2. The Labute approximate surface area is 86.3 Å². The second kappa shape index (κ2) is 2.86. The molecule has 0 spiro atoms. The van der Waals surface area contributed by atoms with E-state index in [1.54, 1.807) is 0 Å². The maximum absolute atomic E-state index is 4.37. The van der Waals surface area contributed by atoms with Crippen LogP contribution in [0.4, 0.5) is 0 Å². The van der Waals surface area contributed by atoms with Gasteiger partial charge in [0.25, 0.3) is 0 Å². The zero-order valence-corrected chi connectivity index (χ0v) is 10.6. The number of imidazole rings is 1. The average molecular weight is 229 g/mol. The van der Waals surface area contributed by atoms with Gasteiger partial charge in [0.05, 0.1) is 0 Å². The molecule has 0 fully saturated rings. The first-order valence-electron chi connectivity index (χ1n) is 3.68. The van der Waals surface area contributed by atoms with Gasteiger partial charge in [-0.2, -0.15) is 0 Å². The third-order valence-electron chi connectivity index (χ3n) is 1.96. The Morgan fingerprint density at radius 3 is 2.92 bits per heavy atom. The summed E-state index contributed by atoms with van der Waals surface area (Å²) >= 11 is 5.33. The standard InChI is InChI=1S/C8H7N2S.Zn/c1-5-3-2-4-6-7(5)10-8(11)9-6;/h2-4H,1H3,(H-,9,10,11);/q-1;+1. The molecule has 0 radical (unpaired) electrons. The number of rotatable bonds is 0. The fourth-order valence-corrected chi connectivity index (χ4v) is 2.17. The summed E-state index contributed by atoms with van der Waals surface area (Å²) in [6.45, 7) is 2.07. The molecule has 0 saturated carbocycles. The summed E-state index contributed by atoms with van der Waals surface area (Å²) in [6, 6.07) is 6.21. The summed E-state index contributed by atoms with van der Waals surface area (Å²) in [5.74, 6) is 0. The van der Waals surface area contributed by atoms with Crippen molar-refractivity contribution in [3.05, 3.63) is 23.8 Å². The Hall–Kier alpha value is -0.337. The Morgan fingerprint density at radius 2 is 2.25 bits per heavy atom. The molecular formula is C8H7N2SZn. The molecule has 4 heteroatoms. The van der Waals surface area contributed by atoms with Crippen LogP contribution in [-0.2, 0) is 18.5 Å². The van der Waals surface area contributed by atoms with E-state index in [1.807, 2.05) is 0 Å². The molecular weight excluding hydrogens is 222 g/mol. The number of aryl methyl sites for hydroxylation is 1. The van der Waals surface area contributed by atoms with Crippen molar-refractivity contribution in [2.24, 2.45) is 0 Å². The number of fused-ring (bicyclic) bond motifs is 1. The van der Waals surface area contributed by atoms with E-state index in [0.717, 1.165) is 29.2 Å². The van der Waals surface area contributed by atoms with Crippen LogP contribution >= 0.6 is 12.6 Å². The van der Waals surface area contributed by atoms with Crippen molar-refractivity contribution in [2.75, 3.05) is 0 Å². The van der Waals surface area contributed by atoms with Crippen molar-refractivity contribution in [1.82, 2.24) is 8.29 Å². The van der Waals surface area contributed by atoms with Crippen molar-refractivity contribution in [3.63, 3.8) is 0 Å². The molecule has 0 amide bonds. The van der Waals surface area contributed by atoms with E-state index in [2.05, 4.69) is 46.0 Å². The van der Waals surface area contributed by atoms with E-state index >= 15 is 0 Å². The molecule has 0 bridgehead atoms. The van der Waals surface area contributed by atoms with Crippen LogP contribution in [0.5, 0.6) is 0 Å². The van der Waals surface area contributed by atoms with Crippen LogP contribution in [-0.4, -0.2) is 8.29 Å². The van der Waals surface area contributed by atoms with E-state index in [4.69, 9.17) is 0 Å². The van der Waals surface area contributed by atoms with Crippen LogP contribution in [0.2, 0.25) is 0 Å². The van der Waals surface area contributed by atoms with E-state index in [0.29, 0.717) is 0 Å². The quantitative estimate of drug-likeness (QED) is 0.539. The third kappa shape index (κ3) is 1.10. The normalized spacial score (nSPS) is 11.0. The fraction of sp³-hybridized carbons (Fsp3) is 0.125. The van der Waals surface area contributed by atoms with Crippen molar-refractivity contribution in [2.45, 2.75) is 12.1 Å². The van der Waals surface area contributed by atoms with Crippen molar-refractivity contribution >= 4 is 23.7 Å². The number of para-hydroxylation sites is 1. The summed E-state index contributed by atoms with van der Waals surface area (Å²) in [6.07, 6.45) is 0. The minimum atomic E-state index is 0.819. The summed E-state index contributed by atoms with van der Waals surface area (Å²) < 4.78 is 2.10. The molecule has 2 nitrogen and oxygen atoms in total. The molecule has 0 saturated heterocycles. The second-order valence-corrected chi connectivity index (χ2v) is 4.51. The van der Waals surface area contributed by atoms with Gasteiger partial charge in [-0.3, -0.25) is 0 Å². The molecule has 0 aliphatic rings. The summed E-state index contributed by atoms with van der Waals surface area (Å²) in [4.78, 5) is 4.37. The monoisotopic (exact) mass is 227 g/mol. The van der Waals surface area contributed by atoms with Crippen molar-refractivity contribution in [1.29, 1.82) is 0 Å². The van der Waals surface area contributed by atoms with Gasteiger partial charge in [-0.1, -0.05) is 0 Å². The van der Waals surface area contributed by atoms with E-state index in [1.165, 1.54) is 11.1 Å². The zero-order chi connectivity index (χ0) is 8.72. The maximum atomic E-state index is 4.37. The Bertz CT molecular complexity index is 436. The first kappa shape index (κ1) is 8.27. The van der Waals surface area contributed by atoms with Gasteiger partial charge in [0.2, 0.25) is 0 Å². The first-order chi connectivity index (χ1) is 5.70. The van der Waals surface area contributed by atoms with Crippen LogP contribution in [0.25, 0.3) is 11.0 Å². The topological polar surface area (TPSA) is 17.8 Å². The van der Waals surface area contributed by atoms with E-state index < -0.39 is 0 Å². The molecule has 0 aliphatic carbocycles. The molecule has 12 heavy (non-hydrogen) atoms. The van der Waals surface area contributed by atoms with E-state index in [-0.39, 0.29) is 0 Å². The molecule has 57 valence electrons. The Balaban J connectivity index is 2.95. The van der Waals surface area contributed by atoms with Crippen LogP contribution in [0.15, 0.2) is 23.4 Å². The van der Waals surface area contributed by atoms with Gasteiger partial charge >= 0.3 is 86.3 Å². The number of hydrogen-bond donors (Lipinski definition) is 1. The summed E-state index contributed by atoms with van der Waals surface area (Å²) in [5, 5.41) is 0.819. The number of nitrogens with zero attached hydrogens (tertiary/aromatic N) is 2. The van der Waals surface area contributed by atoms with Gasteiger partial charge in [-0.05, 0) is 0 Å². The minimum absolute atomic E-state index is 0.819.